The first-order valence-corrected chi connectivity index (χ1v) is 8.68. The molecule has 0 saturated heterocycles. The van der Waals surface area contributed by atoms with Crippen molar-refractivity contribution in [1.82, 2.24) is 10.2 Å². The van der Waals surface area contributed by atoms with Crippen LogP contribution in [0.15, 0.2) is 30.3 Å². The molecular weight excluding hydrogens is 288 g/mol. The molecule has 1 aromatic carbocycles. The molecule has 2 unspecified atom stereocenters. The molecule has 1 aromatic rings. The van der Waals surface area contributed by atoms with Crippen molar-refractivity contribution in [3.8, 4) is 0 Å². The van der Waals surface area contributed by atoms with Crippen LogP contribution in [0.3, 0.4) is 0 Å². The normalized spacial score (nSPS) is 20.8. The maximum Gasteiger partial charge on any atom is 0.251 e. The maximum absolute atomic E-state index is 12.3. The Bertz CT molecular complexity index is 515. The molecule has 2 atom stereocenters. The van der Waals surface area contributed by atoms with E-state index >= 15 is 0 Å². The third-order valence-electron chi connectivity index (χ3n) is 4.85. The second kappa shape index (κ2) is 8.70. The number of hydrogen-bond acceptors (Lipinski definition) is 2. The van der Waals surface area contributed by atoms with Gasteiger partial charge in [0.05, 0.1) is 0 Å². The van der Waals surface area contributed by atoms with Gasteiger partial charge in [-0.25, -0.2) is 0 Å². The van der Waals surface area contributed by atoms with Gasteiger partial charge in [0.2, 0.25) is 5.91 Å². The summed E-state index contributed by atoms with van der Waals surface area (Å²) in [6.45, 7) is 2.78. The fraction of sp³-hybridized carbons (Fsp3) is 0.579. The summed E-state index contributed by atoms with van der Waals surface area (Å²) in [7, 11) is 1.93. The highest BCUT2D eigenvalue weighted by Crippen LogP contribution is 2.27. The summed E-state index contributed by atoms with van der Waals surface area (Å²) in [5, 5.41) is 2.87. The number of nitrogens with zero attached hydrogens (tertiary/aromatic N) is 1. The van der Waals surface area contributed by atoms with Gasteiger partial charge in [-0.1, -0.05) is 38.0 Å². The standard InChI is InChI=1S/C19H28N2O2/c1-15-9-6-7-12-17(15)21(2)18(22)13-8-14-20-19(23)16-10-4-3-5-11-16/h3-5,10-11,15,17H,6-9,12-14H2,1-2H3,(H,20,23). The molecule has 1 aliphatic rings. The molecule has 4 nitrogen and oxygen atoms in total. The van der Waals surface area contributed by atoms with E-state index in [0.29, 0.717) is 36.9 Å². The smallest absolute Gasteiger partial charge is 0.251 e. The lowest BCUT2D eigenvalue weighted by Crippen LogP contribution is -2.42. The summed E-state index contributed by atoms with van der Waals surface area (Å²) in [5.74, 6) is 0.709. The van der Waals surface area contributed by atoms with Crippen LogP contribution >= 0.6 is 0 Å². The molecule has 0 aliphatic heterocycles. The van der Waals surface area contributed by atoms with Crippen LogP contribution in [-0.4, -0.2) is 36.3 Å². The summed E-state index contributed by atoms with van der Waals surface area (Å²) in [6, 6.07) is 9.54. The van der Waals surface area contributed by atoms with Gasteiger partial charge in [0, 0.05) is 31.6 Å². The second-order valence-corrected chi connectivity index (χ2v) is 6.56. The average Bonchev–Trinajstić information content (AvgIpc) is 2.59. The quantitative estimate of drug-likeness (QED) is 0.819. The van der Waals surface area contributed by atoms with E-state index in [1.807, 2.05) is 30.1 Å². The highest BCUT2D eigenvalue weighted by atomic mass is 16.2. The molecule has 0 heterocycles. The van der Waals surface area contributed by atoms with E-state index in [1.165, 1.54) is 19.3 Å². The molecule has 1 fully saturated rings. The SMILES string of the molecule is CC1CCCCC1N(C)C(=O)CCCNC(=O)c1ccccc1. The summed E-state index contributed by atoms with van der Waals surface area (Å²) >= 11 is 0. The van der Waals surface area contributed by atoms with Crippen LogP contribution in [0.2, 0.25) is 0 Å². The van der Waals surface area contributed by atoms with Crippen molar-refractivity contribution in [3.63, 3.8) is 0 Å². The average molecular weight is 316 g/mol. The molecule has 0 bridgehead atoms. The molecule has 2 amide bonds. The predicted molar refractivity (Wildman–Crippen MR) is 92.2 cm³/mol. The third kappa shape index (κ3) is 5.08. The first-order chi connectivity index (χ1) is 11.1. The van der Waals surface area contributed by atoms with Gasteiger partial charge in [-0.05, 0) is 37.3 Å². The number of amides is 2. The summed E-state index contributed by atoms with van der Waals surface area (Å²) in [6.07, 6.45) is 6.02. The van der Waals surface area contributed by atoms with Gasteiger partial charge in [-0.3, -0.25) is 9.59 Å². The summed E-state index contributed by atoms with van der Waals surface area (Å²) < 4.78 is 0. The van der Waals surface area contributed by atoms with E-state index in [9.17, 15) is 9.59 Å². The van der Waals surface area contributed by atoms with Crippen LogP contribution in [0.25, 0.3) is 0 Å². The number of benzene rings is 1. The Morgan fingerprint density at radius 2 is 1.87 bits per heavy atom. The van der Waals surface area contributed by atoms with Crippen LogP contribution in [0, 0.1) is 5.92 Å². The van der Waals surface area contributed by atoms with E-state index in [-0.39, 0.29) is 11.8 Å². The van der Waals surface area contributed by atoms with Gasteiger partial charge in [0.25, 0.3) is 5.91 Å². The second-order valence-electron chi connectivity index (χ2n) is 6.56. The van der Waals surface area contributed by atoms with Crippen LogP contribution in [-0.2, 0) is 4.79 Å². The zero-order chi connectivity index (χ0) is 16.7. The van der Waals surface area contributed by atoms with Crippen molar-refractivity contribution in [2.24, 2.45) is 5.92 Å². The first kappa shape index (κ1) is 17.5. The van der Waals surface area contributed by atoms with Gasteiger partial charge in [-0.15, -0.1) is 0 Å². The van der Waals surface area contributed by atoms with Crippen LogP contribution in [0.5, 0.6) is 0 Å². The van der Waals surface area contributed by atoms with Gasteiger partial charge in [-0.2, -0.15) is 0 Å². The Kier molecular flexibility index (Phi) is 6.63. The van der Waals surface area contributed by atoms with Gasteiger partial charge in [0.1, 0.15) is 0 Å². The molecule has 1 aliphatic carbocycles. The number of hydrogen-bond donors (Lipinski definition) is 1. The molecule has 0 aromatic heterocycles. The van der Waals surface area contributed by atoms with Crippen molar-refractivity contribution >= 4 is 11.8 Å². The lowest BCUT2D eigenvalue weighted by molar-refractivity contribution is -0.133. The summed E-state index contributed by atoms with van der Waals surface area (Å²) in [5.41, 5.74) is 0.659. The topological polar surface area (TPSA) is 49.4 Å². The van der Waals surface area contributed by atoms with Crippen LogP contribution < -0.4 is 5.32 Å². The van der Waals surface area contributed by atoms with Gasteiger partial charge in [0.15, 0.2) is 0 Å². The van der Waals surface area contributed by atoms with E-state index in [0.717, 1.165) is 6.42 Å². The minimum atomic E-state index is -0.0766. The van der Waals surface area contributed by atoms with Crippen LogP contribution in [0.1, 0.15) is 55.8 Å². The zero-order valence-corrected chi connectivity index (χ0v) is 14.3. The molecule has 0 spiro atoms. The van der Waals surface area contributed by atoms with E-state index in [4.69, 9.17) is 0 Å². The molecule has 1 saturated carbocycles. The third-order valence-corrected chi connectivity index (χ3v) is 4.85. The Balaban J connectivity index is 1.69. The number of carbonyl (C=O) groups is 2. The van der Waals surface area contributed by atoms with Crippen molar-refractivity contribution in [2.45, 2.75) is 51.5 Å². The van der Waals surface area contributed by atoms with E-state index < -0.39 is 0 Å². The Morgan fingerprint density at radius 1 is 1.17 bits per heavy atom. The summed E-state index contributed by atoms with van der Waals surface area (Å²) in [4.78, 5) is 26.2. The zero-order valence-electron chi connectivity index (χ0n) is 14.3. The molecule has 126 valence electrons. The van der Waals surface area contributed by atoms with Crippen LogP contribution in [0.4, 0.5) is 0 Å². The van der Waals surface area contributed by atoms with Gasteiger partial charge < -0.3 is 10.2 Å². The number of nitrogens with one attached hydrogen (secondary N) is 1. The maximum atomic E-state index is 12.3. The molecule has 1 N–H and O–H groups in total. The van der Waals surface area contributed by atoms with Crippen molar-refractivity contribution in [2.75, 3.05) is 13.6 Å². The van der Waals surface area contributed by atoms with E-state index in [2.05, 4.69) is 12.2 Å². The van der Waals surface area contributed by atoms with Crippen molar-refractivity contribution in [3.05, 3.63) is 35.9 Å². The first-order valence-electron chi connectivity index (χ1n) is 8.68. The largest absolute Gasteiger partial charge is 0.352 e. The monoisotopic (exact) mass is 316 g/mol. The Labute approximate surface area is 139 Å². The van der Waals surface area contributed by atoms with Gasteiger partial charge >= 0.3 is 0 Å². The lowest BCUT2D eigenvalue weighted by Gasteiger charge is -2.36. The molecular formula is C19H28N2O2. The fourth-order valence-electron chi connectivity index (χ4n) is 3.37. The highest BCUT2D eigenvalue weighted by molar-refractivity contribution is 5.94. The lowest BCUT2D eigenvalue weighted by atomic mass is 9.85. The minimum absolute atomic E-state index is 0.0766. The molecule has 0 radical (unpaired) electrons. The fourth-order valence-corrected chi connectivity index (χ4v) is 3.37. The molecule has 2 rings (SSSR count). The van der Waals surface area contributed by atoms with Crippen molar-refractivity contribution < 1.29 is 9.59 Å². The van der Waals surface area contributed by atoms with E-state index in [1.54, 1.807) is 12.1 Å². The Hall–Kier alpha value is -1.84. The number of rotatable bonds is 6. The minimum Gasteiger partial charge on any atom is -0.352 e. The molecule has 4 heteroatoms. The number of carbonyl (C=O) groups excluding carboxylic acids is 2. The highest BCUT2D eigenvalue weighted by Gasteiger charge is 2.27. The molecule has 23 heavy (non-hydrogen) atoms. The predicted octanol–water partition coefficient (Wildman–Crippen LogP) is 3.23. The van der Waals surface area contributed by atoms with Crippen molar-refractivity contribution in [1.29, 1.82) is 0 Å². The Morgan fingerprint density at radius 3 is 2.57 bits per heavy atom.